The van der Waals surface area contributed by atoms with E-state index in [0.29, 0.717) is 15.4 Å². The number of rotatable bonds is 11. The Kier molecular flexibility index (Phi) is 10.0. The van der Waals surface area contributed by atoms with E-state index in [1.165, 1.54) is 0 Å². The second kappa shape index (κ2) is 11.7. The molecule has 1 heterocycles. The first-order valence-electron chi connectivity index (χ1n) is 9.39. The number of amides is 1. The third-order valence-electron chi connectivity index (χ3n) is 3.98. The highest BCUT2D eigenvalue weighted by atomic mass is 32.1. The van der Waals surface area contributed by atoms with Gasteiger partial charge in [-0.1, -0.05) is 20.3 Å². The van der Waals surface area contributed by atoms with Gasteiger partial charge in [0.1, 0.15) is 9.88 Å². The number of nitrogens with one attached hydrogen (secondary N) is 1. The molecule has 1 rings (SSSR count). The highest BCUT2D eigenvalue weighted by molar-refractivity contribution is 7.18. The van der Waals surface area contributed by atoms with E-state index in [4.69, 9.17) is 9.47 Å². The molecule has 0 atom stereocenters. The molecule has 1 aromatic rings. The highest BCUT2D eigenvalue weighted by Crippen LogP contribution is 2.34. The summed E-state index contributed by atoms with van der Waals surface area (Å²) in [4.78, 5) is 39.3. The molecule has 0 aromatic carbocycles. The van der Waals surface area contributed by atoms with Crippen molar-refractivity contribution in [2.75, 3.05) is 38.2 Å². The molecule has 1 N–H and O–H groups in total. The van der Waals surface area contributed by atoms with Crippen LogP contribution in [0.5, 0.6) is 0 Å². The molecule has 0 fully saturated rings. The second-order valence-electron chi connectivity index (χ2n) is 5.97. The lowest BCUT2D eigenvalue weighted by Gasteiger charge is -2.19. The molecule has 0 unspecified atom stereocenters. The molecule has 0 bridgehead atoms. The van der Waals surface area contributed by atoms with Crippen LogP contribution >= 0.6 is 11.3 Å². The molecule has 0 aliphatic heterocycles. The lowest BCUT2D eigenvalue weighted by Crippen LogP contribution is -2.34. The van der Waals surface area contributed by atoms with E-state index >= 15 is 0 Å². The Hall–Kier alpha value is -1.93. The molecule has 0 spiro atoms. The molecular formula is C19H30N2O5S. The zero-order chi connectivity index (χ0) is 20.4. The van der Waals surface area contributed by atoms with E-state index in [1.54, 1.807) is 20.8 Å². The average molecular weight is 399 g/mol. The molecule has 0 saturated carbocycles. The van der Waals surface area contributed by atoms with Crippen molar-refractivity contribution in [1.82, 2.24) is 4.90 Å². The summed E-state index contributed by atoms with van der Waals surface area (Å²) in [5, 5.41) is 3.10. The van der Waals surface area contributed by atoms with Gasteiger partial charge in [0.25, 0.3) is 0 Å². The number of anilines is 1. The average Bonchev–Trinajstić information content (AvgIpc) is 2.95. The molecule has 0 aliphatic carbocycles. The standard InChI is InChI=1S/C19H30N2O5S/c1-6-10-11-21(7-2)12-14(22)20-17-15(18(23)25-8-3)13(5)16(27-17)19(24)26-9-4/h6-12H2,1-5H3,(H,20,22). The first-order chi connectivity index (χ1) is 12.9. The Morgan fingerprint density at radius 2 is 1.67 bits per heavy atom. The van der Waals surface area contributed by atoms with Gasteiger partial charge in [0.15, 0.2) is 0 Å². The van der Waals surface area contributed by atoms with Gasteiger partial charge in [-0.3, -0.25) is 9.69 Å². The topological polar surface area (TPSA) is 84.9 Å². The largest absolute Gasteiger partial charge is 0.462 e. The van der Waals surface area contributed by atoms with Crippen LogP contribution in [0.3, 0.4) is 0 Å². The van der Waals surface area contributed by atoms with Crippen molar-refractivity contribution in [2.24, 2.45) is 0 Å². The number of hydrogen-bond acceptors (Lipinski definition) is 7. The summed E-state index contributed by atoms with van der Waals surface area (Å²) < 4.78 is 10.1. The van der Waals surface area contributed by atoms with E-state index in [2.05, 4.69) is 12.2 Å². The number of carbonyl (C=O) groups is 3. The summed E-state index contributed by atoms with van der Waals surface area (Å²) in [5.41, 5.74) is 0.681. The Morgan fingerprint density at radius 1 is 1.04 bits per heavy atom. The van der Waals surface area contributed by atoms with Crippen molar-refractivity contribution in [1.29, 1.82) is 0 Å². The summed E-state index contributed by atoms with van der Waals surface area (Å²) in [7, 11) is 0. The minimum Gasteiger partial charge on any atom is -0.462 e. The maximum atomic E-state index is 12.5. The van der Waals surface area contributed by atoms with E-state index in [9.17, 15) is 14.4 Å². The quantitative estimate of drug-likeness (QED) is 0.575. The van der Waals surface area contributed by atoms with Gasteiger partial charge in [0.2, 0.25) is 5.91 Å². The summed E-state index contributed by atoms with van der Waals surface area (Å²) in [5.74, 6) is -1.30. The van der Waals surface area contributed by atoms with E-state index < -0.39 is 11.9 Å². The van der Waals surface area contributed by atoms with E-state index in [0.717, 1.165) is 37.3 Å². The molecule has 152 valence electrons. The number of nitrogens with zero attached hydrogens (tertiary/aromatic N) is 1. The second-order valence-corrected chi connectivity index (χ2v) is 6.99. The monoisotopic (exact) mass is 398 g/mol. The normalized spacial score (nSPS) is 10.7. The predicted molar refractivity (Wildman–Crippen MR) is 107 cm³/mol. The van der Waals surface area contributed by atoms with Crippen molar-refractivity contribution >= 4 is 34.2 Å². The molecular weight excluding hydrogens is 368 g/mol. The smallest absolute Gasteiger partial charge is 0.348 e. The van der Waals surface area contributed by atoms with E-state index in [-0.39, 0.29) is 31.2 Å². The lowest BCUT2D eigenvalue weighted by molar-refractivity contribution is -0.117. The van der Waals surface area contributed by atoms with Crippen LogP contribution in [0.25, 0.3) is 0 Å². The molecule has 7 nitrogen and oxygen atoms in total. The number of hydrogen-bond donors (Lipinski definition) is 1. The third kappa shape index (κ3) is 6.62. The van der Waals surface area contributed by atoms with Gasteiger partial charge >= 0.3 is 11.9 Å². The van der Waals surface area contributed by atoms with Crippen LogP contribution in [-0.2, 0) is 14.3 Å². The van der Waals surface area contributed by atoms with Crippen LogP contribution in [0.2, 0.25) is 0 Å². The molecule has 27 heavy (non-hydrogen) atoms. The first-order valence-corrected chi connectivity index (χ1v) is 10.2. The number of likely N-dealkylation sites (N-methyl/N-ethyl adjacent to an activating group) is 1. The van der Waals surface area contributed by atoms with Crippen LogP contribution in [0.15, 0.2) is 0 Å². The van der Waals surface area contributed by atoms with Crippen LogP contribution in [0.4, 0.5) is 5.00 Å². The van der Waals surface area contributed by atoms with Gasteiger partial charge in [-0.05, 0) is 45.8 Å². The highest BCUT2D eigenvalue weighted by Gasteiger charge is 2.27. The fourth-order valence-corrected chi connectivity index (χ4v) is 3.65. The number of unbranched alkanes of at least 4 members (excludes halogenated alkanes) is 1. The first kappa shape index (κ1) is 23.1. The van der Waals surface area contributed by atoms with Crippen molar-refractivity contribution in [3.05, 3.63) is 16.0 Å². The van der Waals surface area contributed by atoms with Gasteiger partial charge in [-0.25, -0.2) is 9.59 Å². The maximum absolute atomic E-state index is 12.5. The molecule has 1 aromatic heterocycles. The van der Waals surface area contributed by atoms with Crippen molar-refractivity contribution in [3.63, 3.8) is 0 Å². The maximum Gasteiger partial charge on any atom is 0.348 e. The molecule has 1 amide bonds. The fourth-order valence-electron chi connectivity index (χ4n) is 2.54. The van der Waals surface area contributed by atoms with Gasteiger partial charge in [0, 0.05) is 0 Å². The molecule has 8 heteroatoms. The van der Waals surface area contributed by atoms with Crippen LogP contribution in [-0.4, -0.2) is 55.6 Å². The summed E-state index contributed by atoms with van der Waals surface area (Å²) >= 11 is 1.04. The van der Waals surface area contributed by atoms with Crippen molar-refractivity contribution in [3.8, 4) is 0 Å². The predicted octanol–water partition coefficient (Wildman–Crippen LogP) is 3.47. The summed E-state index contributed by atoms with van der Waals surface area (Å²) in [6, 6.07) is 0. The van der Waals surface area contributed by atoms with Crippen LogP contribution in [0, 0.1) is 6.92 Å². The van der Waals surface area contributed by atoms with E-state index in [1.807, 2.05) is 11.8 Å². The zero-order valence-electron chi connectivity index (χ0n) is 16.8. The van der Waals surface area contributed by atoms with Gasteiger partial charge in [-0.2, -0.15) is 0 Å². The van der Waals surface area contributed by atoms with Gasteiger partial charge < -0.3 is 14.8 Å². The van der Waals surface area contributed by atoms with Gasteiger partial charge in [0.05, 0.1) is 25.3 Å². The molecule has 0 radical (unpaired) electrons. The SMILES string of the molecule is CCCCN(CC)CC(=O)Nc1sc(C(=O)OCC)c(C)c1C(=O)OCC. The number of ether oxygens (including phenoxy) is 2. The summed E-state index contributed by atoms with van der Waals surface area (Å²) in [6.07, 6.45) is 2.07. The Labute approximate surface area is 165 Å². The zero-order valence-corrected chi connectivity index (χ0v) is 17.7. The van der Waals surface area contributed by atoms with Crippen LogP contribution < -0.4 is 5.32 Å². The fraction of sp³-hybridized carbons (Fsp3) is 0.632. The number of esters is 2. The lowest BCUT2D eigenvalue weighted by atomic mass is 10.1. The van der Waals surface area contributed by atoms with Gasteiger partial charge in [-0.15, -0.1) is 11.3 Å². The minimum atomic E-state index is -0.560. The van der Waals surface area contributed by atoms with Crippen molar-refractivity contribution in [2.45, 2.75) is 47.5 Å². The van der Waals surface area contributed by atoms with Crippen LogP contribution in [0.1, 0.15) is 66.1 Å². The number of thiophene rings is 1. The third-order valence-corrected chi connectivity index (χ3v) is 5.17. The Morgan fingerprint density at radius 3 is 2.22 bits per heavy atom. The molecule has 0 aliphatic rings. The number of carbonyl (C=O) groups excluding carboxylic acids is 3. The Bertz CT molecular complexity index is 657. The summed E-state index contributed by atoms with van der Waals surface area (Å²) in [6.45, 7) is 11.4. The molecule has 0 saturated heterocycles. The Balaban J connectivity index is 3.06. The van der Waals surface area contributed by atoms with Crippen molar-refractivity contribution < 1.29 is 23.9 Å². The minimum absolute atomic E-state index is 0.205.